The summed E-state index contributed by atoms with van der Waals surface area (Å²) in [4.78, 5) is 29.1. The Bertz CT molecular complexity index is 663. The van der Waals surface area contributed by atoms with Gasteiger partial charge in [-0.15, -0.1) is 0 Å². The van der Waals surface area contributed by atoms with Crippen LogP contribution in [0.15, 0.2) is 18.2 Å². The van der Waals surface area contributed by atoms with Crippen molar-refractivity contribution >= 4 is 17.5 Å². The van der Waals surface area contributed by atoms with Crippen LogP contribution in [-0.4, -0.2) is 42.4 Å². The first-order chi connectivity index (χ1) is 11.9. The fraction of sp³-hybridized carbons (Fsp3) is 0.600. The highest BCUT2D eigenvalue weighted by Gasteiger charge is 2.38. The molecule has 1 aromatic carbocycles. The predicted molar refractivity (Wildman–Crippen MR) is 99.3 cm³/mol. The van der Waals surface area contributed by atoms with E-state index in [0.29, 0.717) is 18.9 Å². The van der Waals surface area contributed by atoms with Crippen molar-refractivity contribution in [1.82, 2.24) is 4.90 Å². The number of anilines is 1. The molecule has 136 valence electrons. The van der Waals surface area contributed by atoms with Crippen molar-refractivity contribution in [3.05, 3.63) is 29.3 Å². The third-order valence-electron chi connectivity index (χ3n) is 5.94. The van der Waals surface area contributed by atoms with Gasteiger partial charge in [0.2, 0.25) is 11.8 Å². The molecule has 0 bridgehead atoms. The van der Waals surface area contributed by atoms with Crippen LogP contribution >= 0.6 is 0 Å². The first kappa shape index (κ1) is 17.9. The van der Waals surface area contributed by atoms with Crippen molar-refractivity contribution in [1.29, 1.82) is 0 Å². The van der Waals surface area contributed by atoms with Gasteiger partial charge in [0, 0.05) is 37.8 Å². The molecule has 2 unspecified atom stereocenters. The molecular formula is C20H29N3O2. The van der Waals surface area contributed by atoms with Gasteiger partial charge in [-0.1, -0.05) is 12.1 Å². The Balaban J connectivity index is 1.66. The van der Waals surface area contributed by atoms with Crippen LogP contribution in [-0.2, 0) is 9.59 Å². The molecule has 5 nitrogen and oxygen atoms in total. The second-order valence-corrected chi connectivity index (χ2v) is 7.65. The topological polar surface area (TPSA) is 66.6 Å². The smallest absolute Gasteiger partial charge is 0.228 e. The van der Waals surface area contributed by atoms with Gasteiger partial charge in [-0.3, -0.25) is 9.59 Å². The zero-order chi connectivity index (χ0) is 18.1. The van der Waals surface area contributed by atoms with Gasteiger partial charge in [-0.25, -0.2) is 0 Å². The summed E-state index contributed by atoms with van der Waals surface area (Å²) in [6.07, 6.45) is 2.25. The number of carbonyl (C=O) groups excluding carboxylic acids is 2. The maximum absolute atomic E-state index is 12.9. The third kappa shape index (κ3) is 3.56. The Kier molecular flexibility index (Phi) is 5.13. The summed E-state index contributed by atoms with van der Waals surface area (Å²) in [5, 5.41) is 0. The number of carbonyl (C=O) groups is 2. The third-order valence-corrected chi connectivity index (χ3v) is 5.94. The van der Waals surface area contributed by atoms with Crippen LogP contribution in [0.1, 0.15) is 37.3 Å². The molecule has 0 saturated carbocycles. The number of benzene rings is 1. The molecule has 2 atom stereocenters. The number of nitrogens with two attached hydrogens (primary N) is 1. The highest BCUT2D eigenvalue weighted by molar-refractivity contribution is 6.00. The first-order valence-corrected chi connectivity index (χ1v) is 9.29. The Hall–Kier alpha value is -1.88. The average molecular weight is 343 g/mol. The zero-order valence-electron chi connectivity index (χ0n) is 15.5. The van der Waals surface area contributed by atoms with E-state index in [1.807, 2.05) is 43.9 Å². The van der Waals surface area contributed by atoms with E-state index >= 15 is 0 Å². The van der Waals surface area contributed by atoms with Crippen LogP contribution in [0.3, 0.4) is 0 Å². The van der Waals surface area contributed by atoms with Crippen molar-refractivity contribution in [3.8, 4) is 0 Å². The van der Waals surface area contributed by atoms with Crippen LogP contribution in [0.2, 0.25) is 0 Å². The van der Waals surface area contributed by atoms with E-state index in [2.05, 4.69) is 0 Å². The minimum Gasteiger partial charge on any atom is -0.342 e. The summed E-state index contributed by atoms with van der Waals surface area (Å²) >= 11 is 0. The molecule has 5 heteroatoms. The molecule has 2 heterocycles. The molecule has 2 aliphatic heterocycles. The van der Waals surface area contributed by atoms with Gasteiger partial charge in [0.25, 0.3) is 0 Å². The maximum Gasteiger partial charge on any atom is 0.228 e. The van der Waals surface area contributed by atoms with Crippen LogP contribution in [0.4, 0.5) is 5.69 Å². The van der Waals surface area contributed by atoms with E-state index in [1.165, 1.54) is 0 Å². The number of nitrogens with zero attached hydrogens (tertiary/aromatic N) is 2. The van der Waals surface area contributed by atoms with Crippen LogP contribution in [0.5, 0.6) is 0 Å². The molecule has 0 aromatic heterocycles. The monoisotopic (exact) mass is 343 g/mol. The molecule has 0 aliphatic carbocycles. The lowest BCUT2D eigenvalue weighted by molar-refractivity contribution is -0.137. The number of hydrogen-bond donors (Lipinski definition) is 1. The van der Waals surface area contributed by atoms with Gasteiger partial charge in [0.05, 0.1) is 5.92 Å². The number of piperidine rings is 1. The predicted octanol–water partition coefficient (Wildman–Crippen LogP) is 2.24. The summed E-state index contributed by atoms with van der Waals surface area (Å²) in [5.41, 5.74) is 9.20. The van der Waals surface area contributed by atoms with Gasteiger partial charge >= 0.3 is 0 Å². The number of likely N-dealkylation sites (tertiary alicyclic amines) is 1. The van der Waals surface area contributed by atoms with Gasteiger partial charge in [0.15, 0.2) is 0 Å². The highest BCUT2D eigenvalue weighted by atomic mass is 16.2. The van der Waals surface area contributed by atoms with Crippen molar-refractivity contribution in [2.24, 2.45) is 17.6 Å². The minimum atomic E-state index is -0.223. The second kappa shape index (κ2) is 7.16. The minimum absolute atomic E-state index is 0.0533. The summed E-state index contributed by atoms with van der Waals surface area (Å²) < 4.78 is 0. The van der Waals surface area contributed by atoms with E-state index in [4.69, 9.17) is 5.73 Å². The summed E-state index contributed by atoms with van der Waals surface area (Å²) in [6, 6.07) is 6.18. The lowest BCUT2D eigenvalue weighted by Crippen LogP contribution is -2.45. The number of aryl methyl sites for hydroxylation is 1. The molecule has 2 saturated heterocycles. The average Bonchev–Trinajstić information content (AvgIpc) is 2.98. The largest absolute Gasteiger partial charge is 0.342 e. The summed E-state index contributed by atoms with van der Waals surface area (Å²) in [6.45, 7) is 8.14. The van der Waals surface area contributed by atoms with Gasteiger partial charge in [-0.2, -0.15) is 0 Å². The molecule has 0 spiro atoms. The van der Waals surface area contributed by atoms with Crippen LogP contribution < -0.4 is 10.6 Å². The van der Waals surface area contributed by atoms with E-state index in [9.17, 15) is 9.59 Å². The molecule has 25 heavy (non-hydrogen) atoms. The first-order valence-electron chi connectivity index (χ1n) is 9.29. The fourth-order valence-electron chi connectivity index (χ4n) is 4.04. The second-order valence-electron chi connectivity index (χ2n) is 7.65. The van der Waals surface area contributed by atoms with E-state index < -0.39 is 0 Å². The van der Waals surface area contributed by atoms with Crippen molar-refractivity contribution in [3.63, 3.8) is 0 Å². The van der Waals surface area contributed by atoms with Crippen LogP contribution in [0.25, 0.3) is 0 Å². The number of amides is 2. The van der Waals surface area contributed by atoms with Crippen molar-refractivity contribution in [2.45, 2.75) is 46.1 Å². The maximum atomic E-state index is 12.9. The van der Waals surface area contributed by atoms with Crippen molar-refractivity contribution in [2.75, 3.05) is 24.5 Å². The zero-order valence-corrected chi connectivity index (χ0v) is 15.5. The standard InChI is InChI=1S/C20H29N3O2/c1-13-5-4-6-18(14(13)2)23-12-17(11-19(23)24)20(25)22-9-7-16(8-10-22)15(3)21/h4-6,15-17H,7-12,21H2,1-3H3. The number of rotatable bonds is 3. The van der Waals surface area contributed by atoms with E-state index in [1.54, 1.807) is 4.90 Å². The fourth-order valence-corrected chi connectivity index (χ4v) is 4.04. The quantitative estimate of drug-likeness (QED) is 0.915. The Morgan fingerprint density at radius 3 is 2.56 bits per heavy atom. The Morgan fingerprint density at radius 1 is 1.24 bits per heavy atom. The molecule has 0 radical (unpaired) electrons. The lowest BCUT2D eigenvalue weighted by Gasteiger charge is -2.35. The van der Waals surface area contributed by atoms with Gasteiger partial charge in [-0.05, 0) is 56.7 Å². The molecular weight excluding hydrogens is 314 g/mol. The van der Waals surface area contributed by atoms with Crippen molar-refractivity contribution < 1.29 is 9.59 Å². The molecule has 2 N–H and O–H groups in total. The normalized spacial score (nSPS) is 23.2. The summed E-state index contributed by atoms with van der Waals surface area (Å²) in [7, 11) is 0. The molecule has 3 rings (SSSR count). The molecule has 2 fully saturated rings. The lowest BCUT2D eigenvalue weighted by atomic mass is 9.90. The SMILES string of the molecule is Cc1cccc(N2CC(C(=O)N3CCC(C(C)N)CC3)CC2=O)c1C. The van der Waals surface area contributed by atoms with Gasteiger partial charge in [0.1, 0.15) is 0 Å². The molecule has 1 aromatic rings. The van der Waals surface area contributed by atoms with Crippen LogP contribution in [0, 0.1) is 25.7 Å². The Morgan fingerprint density at radius 2 is 1.92 bits per heavy atom. The van der Waals surface area contributed by atoms with Gasteiger partial charge < -0.3 is 15.5 Å². The number of hydrogen-bond acceptors (Lipinski definition) is 3. The molecule has 2 amide bonds. The highest BCUT2D eigenvalue weighted by Crippen LogP contribution is 2.31. The Labute approximate surface area is 150 Å². The van der Waals surface area contributed by atoms with E-state index in [0.717, 1.165) is 42.7 Å². The molecule has 2 aliphatic rings. The summed E-state index contributed by atoms with van der Waals surface area (Å²) in [5.74, 6) is 0.460. The van der Waals surface area contributed by atoms with E-state index in [-0.39, 0.29) is 23.8 Å².